The molecule has 0 saturated heterocycles. The van der Waals surface area contributed by atoms with Gasteiger partial charge in [0.25, 0.3) is 0 Å². The van der Waals surface area contributed by atoms with Crippen molar-refractivity contribution >= 4 is 17.9 Å². The van der Waals surface area contributed by atoms with E-state index < -0.39 is 6.10 Å². The van der Waals surface area contributed by atoms with Crippen LogP contribution in [0.1, 0.15) is 297 Å². The smallest absolute Gasteiger partial charge is 0.306 e. The first-order valence-electron chi connectivity index (χ1n) is 31.9. The first-order valence-corrected chi connectivity index (χ1v) is 31.9. The van der Waals surface area contributed by atoms with Gasteiger partial charge < -0.3 is 14.2 Å². The maximum atomic E-state index is 12.8. The molecule has 1 atom stereocenters. The maximum Gasteiger partial charge on any atom is 0.306 e. The number of hydrogen-bond acceptors (Lipinski definition) is 6. The number of allylic oxidation sites excluding steroid dienone is 18. The van der Waals surface area contributed by atoms with E-state index >= 15 is 0 Å². The number of unbranched alkanes of at least 4 members (excludes halogenated alkanes) is 28. The van der Waals surface area contributed by atoms with E-state index in [1.54, 1.807) is 0 Å². The van der Waals surface area contributed by atoms with Crippen LogP contribution >= 0.6 is 0 Å². The molecule has 0 aliphatic rings. The van der Waals surface area contributed by atoms with Gasteiger partial charge in [-0.3, -0.25) is 14.4 Å². The van der Waals surface area contributed by atoms with Gasteiger partial charge >= 0.3 is 17.9 Å². The molecular formula is C70H118O6. The average Bonchev–Trinajstić information content (AvgIpc) is 3.42. The molecule has 0 aliphatic carbocycles. The van der Waals surface area contributed by atoms with E-state index in [4.69, 9.17) is 14.2 Å². The zero-order valence-corrected chi connectivity index (χ0v) is 49.7. The molecule has 0 bridgehead atoms. The third kappa shape index (κ3) is 60.9. The minimum atomic E-state index is -0.780. The van der Waals surface area contributed by atoms with E-state index in [2.05, 4.69) is 130 Å². The van der Waals surface area contributed by atoms with Crippen LogP contribution in [0, 0.1) is 0 Å². The van der Waals surface area contributed by atoms with E-state index in [-0.39, 0.29) is 31.1 Å². The van der Waals surface area contributed by atoms with Gasteiger partial charge in [-0.15, -0.1) is 0 Å². The fraction of sp³-hybridized carbons (Fsp3) is 0.700. The van der Waals surface area contributed by atoms with Gasteiger partial charge in [0, 0.05) is 19.3 Å². The molecule has 0 aromatic heterocycles. The van der Waals surface area contributed by atoms with Crippen LogP contribution in [0.25, 0.3) is 0 Å². The summed E-state index contributed by atoms with van der Waals surface area (Å²) in [5.41, 5.74) is 0. The highest BCUT2D eigenvalue weighted by atomic mass is 16.6. The Labute approximate surface area is 470 Å². The molecule has 6 nitrogen and oxygen atoms in total. The number of rotatable bonds is 57. The van der Waals surface area contributed by atoms with Gasteiger partial charge in [-0.1, -0.05) is 278 Å². The van der Waals surface area contributed by atoms with E-state index in [1.807, 2.05) is 0 Å². The summed E-state index contributed by atoms with van der Waals surface area (Å²) < 4.78 is 16.8. The third-order valence-electron chi connectivity index (χ3n) is 13.5. The maximum absolute atomic E-state index is 12.8. The topological polar surface area (TPSA) is 78.9 Å². The van der Waals surface area contributed by atoms with Crippen molar-refractivity contribution in [1.82, 2.24) is 0 Å². The summed E-state index contributed by atoms with van der Waals surface area (Å²) in [5, 5.41) is 0. The van der Waals surface area contributed by atoms with E-state index in [0.717, 1.165) is 116 Å². The number of hydrogen-bond donors (Lipinski definition) is 0. The molecule has 0 fully saturated rings. The van der Waals surface area contributed by atoms with Crippen LogP contribution in [-0.2, 0) is 28.6 Å². The molecule has 0 aromatic carbocycles. The van der Waals surface area contributed by atoms with Crippen molar-refractivity contribution in [3.63, 3.8) is 0 Å². The lowest BCUT2D eigenvalue weighted by Crippen LogP contribution is -2.30. The monoisotopic (exact) mass is 1050 g/mol. The van der Waals surface area contributed by atoms with Gasteiger partial charge in [0.05, 0.1) is 0 Å². The van der Waals surface area contributed by atoms with Crippen LogP contribution in [0.5, 0.6) is 0 Å². The van der Waals surface area contributed by atoms with Crippen molar-refractivity contribution in [3.8, 4) is 0 Å². The molecule has 0 aliphatic heterocycles. The minimum absolute atomic E-state index is 0.0802. The standard InChI is InChI=1S/C70H118O6/c1-4-7-10-13-16-18-20-22-24-26-28-29-30-31-32-33-34-35-36-37-38-39-40-41-43-44-46-48-50-52-54-57-60-63-69(72)75-66-67(65-74-68(71)62-59-56-15-12-9-6-3)76-70(73)64-61-58-55-53-51-49-47-45-42-27-25-23-21-19-17-14-11-8-5-2/h7,10,16,18,22-25,28-29,31-32,34-35,37-38,40-41,67H,4-6,8-9,11-15,17,19-21,26-27,30,33,36,39,42-66H2,1-3H3/b10-7-,18-16-,24-22-,25-23-,29-28-,32-31-,35-34-,38-37-,41-40-. The minimum Gasteiger partial charge on any atom is -0.462 e. The molecule has 1 unspecified atom stereocenters. The Kier molecular flexibility index (Phi) is 60.3. The van der Waals surface area contributed by atoms with Crippen molar-refractivity contribution in [1.29, 1.82) is 0 Å². The number of esters is 3. The van der Waals surface area contributed by atoms with Gasteiger partial charge in [0.1, 0.15) is 13.2 Å². The van der Waals surface area contributed by atoms with Crippen LogP contribution in [0.4, 0.5) is 0 Å². The first-order chi connectivity index (χ1) is 37.5. The highest BCUT2D eigenvalue weighted by Gasteiger charge is 2.19. The Balaban J connectivity index is 4.11. The molecule has 0 rings (SSSR count). The summed E-state index contributed by atoms with van der Waals surface area (Å²) in [6.45, 7) is 6.47. The first kappa shape index (κ1) is 72.1. The Morgan fingerprint density at radius 1 is 0.276 bits per heavy atom. The van der Waals surface area contributed by atoms with Crippen LogP contribution < -0.4 is 0 Å². The zero-order valence-electron chi connectivity index (χ0n) is 49.7. The fourth-order valence-electron chi connectivity index (χ4n) is 8.75. The van der Waals surface area contributed by atoms with Crippen molar-refractivity contribution in [3.05, 3.63) is 109 Å². The lowest BCUT2D eigenvalue weighted by atomic mass is 10.1. The molecule has 76 heavy (non-hydrogen) atoms. The van der Waals surface area contributed by atoms with Gasteiger partial charge in [-0.2, -0.15) is 0 Å². The molecule has 0 saturated carbocycles. The second-order valence-corrected chi connectivity index (χ2v) is 20.9. The highest BCUT2D eigenvalue weighted by Crippen LogP contribution is 2.15. The third-order valence-corrected chi connectivity index (χ3v) is 13.5. The second-order valence-electron chi connectivity index (χ2n) is 20.9. The lowest BCUT2D eigenvalue weighted by Gasteiger charge is -2.18. The van der Waals surface area contributed by atoms with Crippen LogP contribution in [0.3, 0.4) is 0 Å². The van der Waals surface area contributed by atoms with Crippen molar-refractivity contribution in [2.24, 2.45) is 0 Å². The van der Waals surface area contributed by atoms with Crippen LogP contribution in [0.2, 0.25) is 0 Å². The summed E-state index contributed by atoms with van der Waals surface area (Å²) in [6.07, 6.45) is 87.0. The quantitative estimate of drug-likeness (QED) is 0.0261. The zero-order chi connectivity index (χ0) is 55.0. The van der Waals surface area contributed by atoms with Crippen molar-refractivity contribution < 1.29 is 28.6 Å². The molecule has 434 valence electrons. The van der Waals surface area contributed by atoms with E-state index in [0.29, 0.717) is 19.3 Å². The van der Waals surface area contributed by atoms with Gasteiger partial charge in [-0.05, 0) is 109 Å². The van der Waals surface area contributed by atoms with Crippen molar-refractivity contribution in [2.75, 3.05) is 13.2 Å². The molecule has 0 amide bonds. The number of ether oxygens (including phenoxy) is 3. The summed E-state index contributed by atoms with van der Waals surface area (Å²) in [6, 6.07) is 0. The summed E-state index contributed by atoms with van der Waals surface area (Å²) in [4.78, 5) is 38.0. The Morgan fingerprint density at radius 3 is 0.816 bits per heavy atom. The molecule has 0 aromatic rings. The normalized spacial score (nSPS) is 12.8. The molecule has 0 N–H and O–H groups in total. The fourth-order valence-corrected chi connectivity index (χ4v) is 8.75. The molecule has 0 spiro atoms. The average molecular weight is 1060 g/mol. The Bertz CT molecular complexity index is 1540. The van der Waals surface area contributed by atoms with Crippen LogP contribution in [0.15, 0.2) is 109 Å². The van der Waals surface area contributed by atoms with Gasteiger partial charge in [0.2, 0.25) is 0 Å². The van der Waals surface area contributed by atoms with Crippen LogP contribution in [-0.4, -0.2) is 37.2 Å². The lowest BCUT2D eigenvalue weighted by molar-refractivity contribution is -0.167. The number of carbonyl (C=O) groups is 3. The summed E-state index contributed by atoms with van der Waals surface area (Å²) >= 11 is 0. The second kappa shape index (κ2) is 63.6. The number of carbonyl (C=O) groups excluding carboxylic acids is 3. The van der Waals surface area contributed by atoms with Gasteiger partial charge in [-0.25, -0.2) is 0 Å². The summed E-state index contributed by atoms with van der Waals surface area (Å²) in [7, 11) is 0. The van der Waals surface area contributed by atoms with E-state index in [9.17, 15) is 14.4 Å². The van der Waals surface area contributed by atoms with Gasteiger partial charge in [0.15, 0.2) is 6.10 Å². The molecule has 0 radical (unpaired) electrons. The molecule has 6 heteroatoms. The predicted molar refractivity (Wildman–Crippen MR) is 330 cm³/mol. The molecule has 0 heterocycles. The highest BCUT2D eigenvalue weighted by molar-refractivity contribution is 5.71. The Morgan fingerprint density at radius 2 is 0.513 bits per heavy atom. The van der Waals surface area contributed by atoms with Crippen molar-refractivity contribution in [2.45, 2.75) is 303 Å². The largest absolute Gasteiger partial charge is 0.462 e. The SMILES string of the molecule is CC/C=C\C/C=C\C/C=C\C/C=C\C/C=C\C/C=C\C/C=C\C/C=C\CCCCCCCCCCC(=O)OCC(COC(=O)CCCCCCCC)OC(=O)CCCCCCCCCCC/C=C\CCCCCCCC. The molecular weight excluding hydrogens is 937 g/mol. The Hall–Kier alpha value is -3.93. The van der Waals surface area contributed by atoms with E-state index in [1.165, 1.54) is 141 Å². The predicted octanol–water partition coefficient (Wildman–Crippen LogP) is 21.8. The summed E-state index contributed by atoms with van der Waals surface area (Å²) in [5.74, 6) is -0.895.